The van der Waals surface area contributed by atoms with E-state index in [0.29, 0.717) is 0 Å². The number of anilines is 1. The Balaban J connectivity index is 1.34. The summed E-state index contributed by atoms with van der Waals surface area (Å²) in [6.45, 7) is 4.70. The van der Waals surface area contributed by atoms with Crippen LogP contribution >= 0.6 is 11.3 Å². The minimum atomic E-state index is -0.187. The summed E-state index contributed by atoms with van der Waals surface area (Å²) in [6, 6.07) is 10.6. The van der Waals surface area contributed by atoms with Gasteiger partial charge in [-0.25, -0.2) is 9.37 Å². The standard InChI is InChI=1S/C18H18FN3OS/c19-14-3-5-16(6-4-14)22-9-7-21(8-10-22)12-15-13-24-18(20-15)17-2-1-11-23-17/h1-6,11,13H,7-10,12H2. The van der Waals surface area contributed by atoms with Gasteiger partial charge in [-0.3, -0.25) is 4.90 Å². The van der Waals surface area contributed by atoms with E-state index in [2.05, 4.69) is 20.2 Å². The van der Waals surface area contributed by atoms with Crippen LogP contribution in [-0.2, 0) is 6.54 Å². The predicted molar refractivity (Wildman–Crippen MR) is 93.7 cm³/mol. The highest BCUT2D eigenvalue weighted by molar-refractivity contribution is 7.13. The Kier molecular flexibility index (Phi) is 4.32. The molecule has 0 saturated carbocycles. The molecule has 1 aromatic carbocycles. The van der Waals surface area contributed by atoms with E-state index in [9.17, 15) is 4.39 Å². The number of aromatic nitrogens is 1. The van der Waals surface area contributed by atoms with Gasteiger partial charge in [0.15, 0.2) is 10.8 Å². The Bertz CT molecular complexity index is 777. The van der Waals surface area contributed by atoms with Crippen LogP contribution in [0.4, 0.5) is 10.1 Å². The Labute approximate surface area is 144 Å². The number of furan rings is 1. The lowest BCUT2D eigenvalue weighted by Gasteiger charge is -2.35. The van der Waals surface area contributed by atoms with Crippen LogP contribution in [-0.4, -0.2) is 36.1 Å². The van der Waals surface area contributed by atoms with Gasteiger partial charge in [-0.15, -0.1) is 11.3 Å². The van der Waals surface area contributed by atoms with Crippen LogP contribution in [0.15, 0.2) is 52.5 Å². The lowest BCUT2D eigenvalue weighted by molar-refractivity contribution is 0.247. The summed E-state index contributed by atoms with van der Waals surface area (Å²) in [5, 5.41) is 3.03. The molecule has 1 saturated heterocycles. The zero-order valence-corrected chi connectivity index (χ0v) is 14.0. The average molecular weight is 343 g/mol. The van der Waals surface area contributed by atoms with Crippen LogP contribution < -0.4 is 4.90 Å². The molecule has 0 spiro atoms. The number of thiazole rings is 1. The lowest BCUT2D eigenvalue weighted by Crippen LogP contribution is -2.46. The number of rotatable bonds is 4. The minimum absolute atomic E-state index is 0.187. The van der Waals surface area contributed by atoms with Crippen molar-refractivity contribution in [3.05, 3.63) is 59.6 Å². The van der Waals surface area contributed by atoms with E-state index in [1.807, 2.05) is 24.3 Å². The van der Waals surface area contributed by atoms with Gasteiger partial charge in [0.25, 0.3) is 0 Å². The van der Waals surface area contributed by atoms with Gasteiger partial charge in [-0.1, -0.05) is 0 Å². The fourth-order valence-electron chi connectivity index (χ4n) is 2.94. The Morgan fingerprint density at radius 1 is 1.08 bits per heavy atom. The van der Waals surface area contributed by atoms with Crippen molar-refractivity contribution < 1.29 is 8.81 Å². The summed E-state index contributed by atoms with van der Waals surface area (Å²) in [5.41, 5.74) is 2.17. The first-order valence-electron chi connectivity index (χ1n) is 7.99. The second kappa shape index (κ2) is 6.75. The maximum Gasteiger partial charge on any atom is 0.162 e. The van der Waals surface area contributed by atoms with Crippen molar-refractivity contribution in [2.24, 2.45) is 0 Å². The van der Waals surface area contributed by atoms with E-state index in [-0.39, 0.29) is 5.82 Å². The predicted octanol–water partition coefficient (Wildman–Crippen LogP) is 3.86. The van der Waals surface area contributed by atoms with Crippen molar-refractivity contribution in [3.8, 4) is 10.8 Å². The molecule has 2 aromatic heterocycles. The fourth-order valence-corrected chi connectivity index (χ4v) is 3.72. The molecule has 1 aliphatic heterocycles. The lowest BCUT2D eigenvalue weighted by atomic mass is 10.2. The van der Waals surface area contributed by atoms with E-state index >= 15 is 0 Å². The number of hydrogen-bond donors (Lipinski definition) is 0. The summed E-state index contributed by atoms with van der Waals surface area (Å²) in [7, 11) is 0. The topological polar surface area (TPSA) is 32.5 Å². The number of hydrogen-bond acceptors (Lipinski definition) is 5. The Hall–Kier alpha value is -2.18. The van der Waals surface area contributed by atoms with Gasteiger partial charge in [0.2, 0.25) is 0 Å². The quantitative estimate of drug-likeness (QED) is 0.720. The number of benzene rings is 1. The van der Waals surface area contributed by atoms with Crippen molar-refractivity contribution in [3.63, 3.8) is 0 Å². The first-order chi connectivity index (χ1) is 11.8. The molecule has 0 N–H and O–H groups in total. The van der Waals surface area contributed by atoms with E-state index in [1.54, 1.807) is 17.6 Å². The summed E-state index contributed by atoms with van der Waals surface area (Å²) < 4.78 is 18.4. The van der Waals surface area contributed by atoms with Crippen LogP contribution in [0, 0.1) is 5.82 Å². The molecule has 6 heteroatoms. The zero-order chi connectivity index (χ0) is 16.4. The minimum Gasteiger partial charge on any atom is -0.462 e. The second-order valence-corrected chi connectivity index (χ2v) is 6.72. The van der Waals surface area contributed by atoms with Crippen LogP contribution in [0.1, 0.15) is 5.69 Å². The fraction of sp³-hybridized carbons (Fsp3) is 0.278. The molecule has 0 amide bonds. The highest BCUT2D eigenvalue weighted by atomic mass is 32.1. The van der Waals surface area contributed by atoms with Crippen molar-refractivity contribution in [2.75, 3.05) is 31.1 Å². The van der Waals surface area contributed by atoms with Gasteiger partial charge in [0.1, 0.15) is 5.82 Å². The molecule has 1 aliphatic rings. The maximum atomic E-state index is 13.0. The van der Waals surface area contributed by atoms with Crippen LogP contribution in [0.25, 0.3) is 10.8 Å². The highest BCUT2D eigenvalue weighted by Gasteiger charge is 2.18. The van der Waals surface area contributed by atoms with E-state index < -0.39 is 0 Å². The van der Waals surface area contributed by atoms with Gasteiger partial charge >= 0.3 is 0 Å². The second-order valence-electron chi connectivity index (χ2n) is 5.86. The van der Waals surface area contributed by atoms with E-state index in [4.69, 9.17) is 4.42 Å². The third-order valence-corrected chi connectivity index (χ3v) is 5.14. The maximum absolute atomic E-state index is 13.0. The molecule has 0 aliphatic carbocycles. The molecule has 0 bridgehead atoms. The smallest absolute Gasteiger partial charge is 0.162 e. The molecular weight excluding hydrogens is 325 g/mol. The third kappa shape index (κ3) is 3.34. The molecule has 4 nitrogen and oxygen atoms in total. The number of piperazine rings is 1. The Morgan fingerprint density at radius 3 is 2.58 bits per heavy atom. The number of halogens is 1. The summed E-state index contributed by atoms with van der Waals surface area (Å²) in [4.78, 5) is 9.36. The SMILES string of the molecule is Fc1ccc(N2CCN(Cc3csc(-c4ccco4)n3)CC2)cc1. The normalized spacial score (nSPS) is 15.8. The van der Waals surface area contributed by atoms with Crippen molar-refractivity contribution in [2.45, 2.75) is 6.54 Å². The summed E-state index contributed by atoms with van der Waals surface area (Å²) in [6.07, 6.45) is 1.67. The molecule has 0 atom stereocenters. The monoisotopic (exact) mass is 343 g/mol. The molecule has 4 rings (SSSR count). The van der Waals surface area contributed by atoms with Crippen molar-refractivity contribution in [1.29, 1.82) is 0 Å². The zero-order valence-electron chi connectivity index (χ0n) is 13.2. The molecule has 3 heterocycles. The van der Waals surface area contributed by atoms with Gasteiger partial charge in [0, 0.05) is 43.8 Å². The van der Waals surface area contributed by atoms with Gasteiger partial charge in [-0.05, 0) is 36.4 Å². The molecule has 3 aromatic rings. The van der Waals surface area contributed by atoms with E-state index in [1.165, 1.54) is 12.1 Å². The van der Waals surface area contributed by atoms with Crippen LogP contribution in [0.2, 0.25) is 0 Å². The molecule has 0 radical (unpaired) electrons. The van der Waals surface area contributed by atoms with Crippen molar-refractivity contribution in [1.82, 2.24) is 9.88 Å². The summed E-state index contributed by atoms with van der Waals surface area (Å²) >= 11 is 1.62. The first-order valence-corrected chi connectivity index (χ1v) is 8.87. The van der Waals surface area contributed by atoms with Crippen LogP contribution in [0.3, 0.4) is 0 Å². The number of nitrogens with zero attached hydrogens (tertiary/aromatic N) is 3. The van der Waals surface area contributed by atoms with Crippen molar-refractivity contribution >= 4 is 17.0 Å². The van der Waals surface area contributed by atoms with Gasteiger partial charge in [0.05, 0.1) is 12.0 Å². The third-order valence-electron chi connectivity index (χ3n) is 4.23. The Morgan fingerprint density at radius 2 is 1.88 bits per heavy atom. The highest BCUT2D eigenvalue weighted by Crippen LogP contribution is 2.25. The molecular formula is C18H18FN3OS. The molecule has 124 valence electrons. The molecule has 0 unspecified atom stereocenters. The van der Waals surface area contributed by atoms with Gasteiger partial charge < -0.3 is 9.32 Å². The van der Waals surface area contributed by atoms with E-state index in [0.717, 1.165) is 54.9 Å². The van der Waals surface area contributed by atoms with Gasteiger partial charge in [-0.2, -0.15) is 0 Å². The summed E-state index contributed by atoms with van der Waals surface area (Å²) in [5.74, 6) is 0.639. The molecule has 24 heavy (non-hydrogen) atoms. The molecule has 1 fully saturated rings. The largest absolute Gasteiger partial charge is 0.462 e. The average Bonchev–Trinajstić information content (AvgIpc) is 3.28. The van der Waals surface area contributed by atoms with Crippen LogP contribution in [0.5, 0.6) is 0 Å². The first kappa shape index (κ1) is 15.4.